The summed E-state index contributed by atoms with van der Waals surface area (Å²) in [5.41, 5.74) is 2.37. The number of aromatic nitrogens is 2. The average Bonchev–Trinajstić information content (AvgIpc) is 3.23. The van der Waals surface area contributed by atoms with Crippen molar-refractivity contribution in [1.82, 2.24) is 20.2 Å². The predicted octanol–water partition coefficient (Wildman–Crippen LogP) is 2.77. The number of nitrogens with zero attached hydrogens (tertiary/aromatic N) is 3. The molecule has 172 valence electrons. The highest BCUT2D eigenvalue weighted by Crippen LogP contribution is 2.36. The van der Waals surface area contributed by atoms with Gasteiger partial charge in [-0.3, -0.25) is 19.4 Å². The Morgan fingerprint density at radius 1 is 1.18 bits per heavy atom. The van der Waals surface area contributed by atoms with Gasteiger partial charge in [0.15, 0.2) is 0 Å². The van der Waals surface area contributed by atoms with Gasteiger partial charge >= 0.3 is 0 Å². The van der Waals surface area contributed by atoms with Crippen LogP contribution >= 0.6 is 11.6 Å². The largest absolute Gasteiger partial charge is 0.496 e. The molecule has 0 aliphatic carbocycles. The van der Waals surface area contributed by atoms with Gasteiger partial charge in [-0.05, 0) is 42.3 Å². The molecule has 2 aliphatic heterocycles. The van der Waals surface area contributed by atoms with E-state index in [9.17, 15) is 14.4 Å². The number of halogens is 1. The van der Waals surface area contributed by atoms with E-state index < -0.39 is 18.0 Å². The van der Waals surface area contributed by atoms with E-state index in [1.54, 1.807) is 43.5 Å². The molecule has 3 heterocycles. The van der Waals surface area contributed by atoms with Crippen LogP contribution in [0.25, 0.3) is 11.1 Å². The van der Waals surface area contributed by atoms with E-state index in [0.29, 0.717) is 35.0 Å². The van der Waals surface area contributed by atoms with Gasteiger partial charge in [-0.2, -0.15) is 0 Å². The SMILES string of the molecule is COc1ccc(Cl)cc1-c1ccc2c(c1)C(=O)N1CCC(NC(=O)c3cnccn3)C1C(=O)N2. The smallest absolute Gasteiger partial charge is 0.271 e. The number of amides is 3. The summed E-state index contributed by atoms with van der Waals surface area (Å²) >= 11 is 6.19. The number of carbonyl (C=O) groups is 3. The van der Waals surface area contributed by atoms with Crippen molar-refractivity contribution in [1.29, 1.82) is 0 Å². The summed E-state index contributed by atoms with van der Waals surface area (Å²) in [6, 6.07) is 9.06. The van der Waals surface area contributed by atoms with E-state index in [2.05, 4.69) is 20.6 Å². The highest BCUT2D eigenvalue weighted by molar-refractivity contribution is 6.31. The van der Waals surface area contributed by atoms with Crippen molar-refractivity contribution in [3.05, 3.63) is 71.3 Å². The number of ether oxygens (including phenoxy) is 1. The van der Waals surface area contributed by atoms with Crippen molar-refractivity contribution in [3.63, 3.8) is 0 Å². The number of carbonyl (C=O) groups excluding carboxylic acids is 3. The number of methoxy groups -OCH3 is 1. The first kappa shape index (κ1) is 21.8. The maximum absolute atomic E-state index is 13.5. The van der Waals surface area contributed by atoms with Gasteiger partial charge in [-0.15, -0.1) is 0 Å². The summed E-state index contributed by atoms with van der Waals surface area (Å²) in [4.78, 5) is 48.6. The van der Waals surface area contributed by atoms with Gasteiger partial charge < -0.3 is 20.3 Å². The van der Waals surface area contributed by atoms with Crippen LogP contribution in [0.3, 0.4) is 0 Å². The zero-order valence-electron chi connectivity index (χ0n) is 18.1. The summed E-state index contributed by atoms with van der Waals surface area (Å²) in [5.74, 6) is -0.489. The predicted molar refractivity (Wildman–Crippen MR) is 125 cm³/mol. The van der Waals surface area contributed by atoms with Crippen LogP contribution < -0.4 is 15.4 Å². The molecule has 1 saturated heterocycles. The molecule has 0 bridgehead atoms. The van der Waals surface area contributed by atoms with Gasteiger partial charge in [-0.1, -0.05) is 17.7 Å². The van der Waals surface area contributed by atoms with Crippen molar-refractivity contribution in [3.8, 4) is 16.9 Å². The maximum Gasteiger partial charge on any atom is 0.271 e. The Labute approximate surface area is 200 Å². The zero-order chi connectivity index (χ0) is 23.8. The van der Waals surface area contributed by atoms with Crippen LogP contribution in [0.2, 0.25) is 5.02 Å². The van der Waals surface area contributed by atoms with E-state index >= 15 is 0 Å². The number of fused-ring (bicyclic) bond motifs is 2. The highest BCUT2D eigenvalue weighted by atomic mass is 35.5. The maximum atomic E-state index is 13.5. The molecule has 10 heteroatoms. The summed E-state index contributed by atoms with van der Waals surface area (Å²) in [6.07, 6.45) is 4.67. The molecule has 5 rings (SSSR count). The van der Waals surface area contributed by atoms with E-state index in [1.807, 2.05) is 0 Å². The Hall–Kier alpha value is -3.98. The molecule has 0 radical (unpaired) electrons. The van der Waals surface area contributed by atoms with Gasteiger partial charge in [0.2, 0.25) is 5.91 Å². The monoisotopic (exact) mass is 477 g/mol. The third-order valence-electron chi connectivity index (χ3n) is 6.02. The summed E-state index contributed by atoms with van der Waals surface area (Å²) in [5, 5.41) is 6.21. The minimum absolute atomic E-state index is 0.143. The van der Waals surface area contributed by atoms with Crippen LogP contribution in [0, 0.1) is 0 Å². The average molecular weight is 478 g/mol. The first-order valence-corrected chi connectivity index (χ1v) is 11.0. The zero-order valence-corrected chi connectivity index (χ0v) is 18.9. The second-order valence-corrected chi connectivity index (χ2v) is 8.43. The molecule has 1 aromatic heterocycles. The highest BCUT2D eigenvalue weighted by Gasteiger charge is 2.45. The molecule has 9 nitrogen and oxygen atoms in total. The van der Waals surface area contributed by atoms with Crippen molar-refractivity contribution >= 4 is 35.0 Å². The molecule has 2 unspecified atom stereocenters. The molecule has 0 spiro atoms. The summed E-state index contributed by atoms with van der Waals surface area (Å²) in [7, 11) is 1.56. The van der Waals surface area contributed by atoms with Gasteiger partial charge in [-0.25, -0.2) is 4.98 Å². The molecule has 1 fully saturated rings. The molecule has 3 aromatic rings. The molecule has 2 N–H and O–H groups in total. The normalized spacial score (nSPS) is 19.1. The number of hydrogen-bond acceptors (Lipinski definition) is 6. The van der Waals surface area contributed by atoms with E-state index in [0.717, 1.165) is 11.1 Å². The molecule has 2 aromatic carbocycles. The second-order valence-electron chi connectivity index (χ2n) is 8.00. The van der Waals surface area contributed by atoms with Gasteiger partial charge in [0.25, 0.3) is 11.8 Å². The van der Waals surface area contributed by atoms with Crippen LogP contribution in [0.15, 0.2) is 55.0 Å². The fraction of sp³-hybridized carbons (Fsp3) is 0.208. The Bertz CT molecular complexity index is 1300. The lowest BCUT2D eigenvalue weighted by Gasteiger charge is -2.24. The van der Waals surface area contributed by atoms with Crippen LogP contribution in [-0.2, 0) is 4.79 Å². The van der Waals surface area contributed by atoms with Crippen molar-refractivity contribution in [2.75, 3.05) is 19.0 Å². The lowest BCUT2D eigenvalue weighted by molar-refractivity contribution is -0.120. The third kappa shape index (κ3) is 3.84. The van der Waals surface area contributed by atoms with Crippen LogP contribution in [-0.4, -0.2) is 58.3 Å². The Balaban J connectivity index is 1.45. The quantitative estimate of drug-likeness (QED) is 0.597. The number of rotatable bonds is 4. The van der Waals surface area contributed by atoms with E-state index in [-0.39, 0.29) is 17.5 Å². The van der Waals surface area contributed by atoms with Crippen LogP contribution in [0.1, 0.15) is 27.3 Å². The van der Waals surface area contributed by atoms with Gasteiger partial charge in [0.05, 0.1) is 30.6 Å². The fourth-order valence-corrected chi connectivity index (χ4v) is 4.59. The lowest BCUT2D eigenvalue weighted by atomic mass is 10.0. The van der Waals surface area contributed by atoms with Crippen LogP contribution in [0.4, 0.5) is 5.69 Å². The second kappa shape index (κ2) is 8.75. The molecule has 2 atom stereocenters. The Morgan fingerprint density at radius 3 is 2.79 bits per heavy atom. The number of nitrogens with one attached hydrogen (secondary N) is 2. The molecular formula is C24H20ClN5O4. The van der Waals surface area contributed by atoms with Crippen LogP contribution in [0.5, 0.6) is 5.75 Å². The minimum atomic E-state index is -0.843. The van der Waals surface area contributed by atoms with E-state index in [4.69, 9.17) is 16.3 Å². The van der Waals surface area contributed by atoms with Crippen molar-refractivity contribution < 1.29 is 19.1 Å². The van der Waals surface area contributed by atoms with Gasteiger partial charge in [0.1, 0.15) is 17.5 Å². The minimum Gasteiger partial charge on any atom is -0.496 e. The first-order valence-electron chi connectivity index (χ1n) is 10.6. The number of anilines is 1. The standard InChI is InChI=1S/C24H20ClN5O4/c1-34-20-5-3-14(25)11-15(20)13-2-4-17-16(10-13)24(33)30-9-6-18(21(30)23(32)28-17)29-22(31)19-12-26-7-8-27-19/h2-5,7-8,10-12,18,21H,6,9H2,1H3,(H,28,32)(H,29,31). The lowest BCUT2D eigenvalue weighted by Crippen LogP contribution is -2.51. The molecular weight excluding hydrogens is 458 g/mol. The Kier molecular flexibility index (Phi) is 5.62. The molecule has 0 saturated carbocycles. The summed E-state index contributed by atoms with van der Waals surface area (Å²) in [6.45, 7) is 0.326. The third-order valence-corrected chi connectivity index (χ3v) is 6.26. The van der Waals surface area contributed by atoms with Crippen molar-refractivity contribution in [2.24, 2.45) is 0 Å². The topological polar surface area (TPSA) is 114 Å². The van der Waals surface area contributed by atoms with Crippen molar-refractivity contribution in [2.45, 2.75) is 18.5 Å². The number of benzene rings is 2. The molecule has 2 aliphatic rings. The number of hydrogen-bond donors (Lipinski definition) is 2. The summed E-state index contributed by atoms with van der Waals surface area (Å²) < 4.78 is 5.45. The van der Waals surface area contributed by atoms with E-state index in [1.165, 1.54) is 23.5 Å². The Morgan fingerprint density at radius 2 is 2.03 bits per heavy atom. The molecule has 34 heavy (non-hydrogen) atoms. The van der Waals surface area contributed by atoms with Gasteiger partial charge in [0, 0.05) is 29.5 Å². The first-order chi connectivity index (χ1) is 16.5. The molecule has 3 amide bonds. The fourth-order valence-electron chi connectivity index (χ4n) is 4.42.